The van der Waals surface area contributed by atoms with E-state index in [1.54, 1.807) is 0 Å². The average Bonchev–Trinajstić information content (AvgIpc) is 3.59. The number of likely N-dealkylation sites (N-methyl/N-ethyl adjacent to an activating group) is 1. The van der Waals surface area contributed by atoms with E-state index in [-0.39, 0.29) is 0 Å². The van der Waals surface area contributed by atoms with Crippen LogP contribution in [0.5, 0.6) is 0 Å². The van der Waals surface area contributed by atoms with Crippen LogP contribution in [0.3, 0.4) is 0 Å². The Balaban J connectivity index is 0.000000385. The summed E-state index contributed by atoms with van der Waals surface area (Å²) in [5, 5.41) is 2.51. The lowest BCUT2D eigenvalue weighted by Gasteiger charge is -2.21. The number of fused-ring (bicyclic) bond motifs is 3. The number of rotatable bonds is 11. The lowest BCUT2D eigenvalue weighted by Crippen LogP contribution is -2.12. The Morgan fingerprint density at radius 3 is 1.84 bits per heavy atom. The zero-order valence-corrected chi connectivity index (χ0v) is 33.5. The molecule has 1 heterocycles. The normalized spacial score (nSPS) is 12.8. The summed E-state index contributed by atoms with van der Waals surface area (Å²) in [5.74, 6) is 0. The first kappa shape index (κ1) is 39.1. The van der Waals surface area contributed by atoms with Gasteiger partial charge in [0.2, 0.25) is 0 Å². The summed E-state index contributed by atoms with van der Waals surface area (Å²) in [6.07, 6.45) is 20.8. The van der Waals surface area contributed by atoms with E-state index < -0.39 is 0 Å². The highest BCUT2D eigenvalue weighted by atomic mass is 15.1. The van der Waals surface area contributed by atoms with Crippen LogP contribution in [0.15, 0.2) is 189 Å². The SMILES string of the molecule is C=C(/C=C\C)N(C)C(=C)/C=C\C.C=Cc1c(/C=C\C)ccc2c1c1cccc(C3=CC=C(c4ccc(N(C)c5ccccc5)cc4)CC3)c1n2-c1ccccc1. The largest absolute Gasteiger partial charge is 0.346 e. The van der Waals surface area contributed by atoms with Gasteiger partial charge in [-0.2, -0.15) is 0 Å². The molecular weight excluding hydrogens is 679 g/mol. The summed E-state index contributed by atoms with van der Waals surface area (Å²) in [6, 6.07) is 41.4. The Morgan fingerprint density at radius 1 is 0.643 bits per heavy atom. The van der Waals surface area contributed by atoms with Crippen molar-refractivity contribution in [1.29, 1.82) is 0 Å². The molecule has 6 aromatic rings. The van der Waals surface area contributed by atoms with E-state index in [0.29, 0.717) is 0 Å². The Kier molecular flexibility index (Phi) is 12.7. The third-order valence-electron chi connectivity index (χ3n) is 10.4. The summed E-state index contributed by atoms with van der Waals surface area (Å²) in [4.78, 5) is 4.17. The summed E-state index contributed by atoms with van der Waals surface area (Å²) in [6.45, 7) is 18.0. The minimum Gasteiger partial charge on any atom is -0.346 e. The first-order valence-corrected chi connectivity index (χ1v) is 19.4. The maximum Gasteiger partial charge on any atom is 0.0616 e. The second-order valence-electron chi connectivity index (χ2n) is 13.9. The summed E-state index contributed by atoms with van der Waals surface area (Å²) < 4.78 is 2.44. The quantitative estimate of drug-likeness (QED) is 0.123. The Labute approximate surface area is 334 Å². The molecule has 1 aliphatic rings. The van der Waals surface area contributed by atoms with E-state index >= 15 is 0 Å². The van der Waals surface area contributed by atoms with Crippen molar-refractivity contribution in [2.45, 2.75) is 33.6 Å². The van der Waals surface area contributed by atoms with Crippen molar-refractivity contribution in [3.8, 4) is 5.69 Å². The van der Waals surface area contributed by atoms with Crippen molar-refractivity contribution < 1.29 is 0 Å². The third kappa shape index (κ3) is 8.23. The van der Waals surface area contributed by atoms with Crippen molar-refractivity contribution in [2.24, 2.45) is 0 Å². The van der Waals surface area contributed by atoms with Crippen LogP contribution in [-0.4, -0.2) is 23.6 Å². The number of anilines is 2. The van der Waals surface area contributed by atoms with E-state index in [9.17, 15) is 0 Å². The molecule has 0 N–H and O–H groups in total. The summed E-state index contributed by atoms with van der Waals surface area (Å²) in [7, 11) is 4.07. The molecule has 0 aliphatic heterocycles. The maximum absolute atomic E-state index is 4.23. The molecule has 0 atom stereocenters. The summed E-state index contributed by atoms with van der Waals surface area (Å²) in [5.41, 5.74) is 15.6. The minimum atomic E-state index is 0.945. The second-order valence-corrected chi connectivity index (χ2v) is 13.9. The number of aromatic nitrogens is 1. The zero-order chi connectivity index (χ0) is 39.6. The Morgan fingerprint density at radius 2 is 1.25 bits per heavy atom. The van der Waals surface area contributed by atoms with Gasteiger partial charge in [0.15, 0.2) is 0 Å². The topological polar surface area (TPSA) is 11.4 Å². The molecular formula is C53H53N3. The Bertz CT molecular complexity index is 2480. The molecule has 0 amide bonds. The van der Waals surface area contributed by atoms with Crippen LogP contribution in [0.4, 0.5) is 11.4 Å². The zero-order valence-electron chi connectivity index (χ0n) is 33.5. The predicted molar refractivity (Wildman–Crippen MR) is 247 cm³/mol. The molecule has 56 heavy (non-hydrogen) atoms. The molecule has 0 saturated heterocycles. The van der Waals surface area contributed by atoms with Gasteiger partial charge in [-0.1, -0.05) is 135 Å². The third-order valence-corrected chi connectivity index (χ3v) is 10.4. The van der Waals surface area contributed by atoms with Gasteiger partial charge in [0.05, 0.1) is 11.0 Å². The van der Waals surface area contributed by atoms with E-state index in [1.807, 2.05) is 56.2 Å². The number of para-hydroxylation sites is 3. The molecule has 3 nitrogen and oxygen atoms in total. The van der Waals surface area contributed by atoms with Crippen LogP contribution in [-0.2, 0) is 0 Å². The van der Waals surface area contributed by atoms with Crippen LogP contribution < -0.4 is 4.90 Å². The van der Waals surface area contributed by atoms with Gasteiger partial charge >= 0.3 is 0 Å². The first-order valence-electron chi connectivity index (χ1n) is 19.4. The average molecular weight is 732 g/mol. The van der Waals surface area contributed by atoms with E-state index in [1.165, 1.54) is 72.3 Å². The van der Waals surface area contributed by atoms with Gasteiger partial charge < -0.3 is 14.4 Å². The molecule has 0 saturated carbocycles. The highest BCUT2D eigenvalue weighted by molar-refractivity contribution is 6.16. The molecule has 3 heteroatoms. The van der Waals surface area contributed by atoms with Gasteiger partial charge in [-0.05, 0) is 116 Å². The molecule has 0 bridgehead atoms. The minimum absolute atomic E-state index is 0.945. The standard InChI is InChI=1S/C42H36N2.C11H17N/c1-4-13-32-26-29-40-41(37(32)5-2)39-19-12-18-38(42(39)44(40)36-16-10-7-11-17-36)33-22-20-30(21-23-33)31-24-27-35(28-25-31)43(3)34-14-8-6-9-15-34;1-6-8-10(3)12(5)11(4)9-7-2/h4-20,22,24-29H,2,21,23H2,1,3H3;6-9H,3-4H2,1-2,5H3/b13-4-;8-6-,9-7-. The maximum atomic E-state index is 4.23. The monoisotopic (exact) mass is 731 g/mol. The number of allylic oxidation sites excluding steroid dienone is 9. The molecule has 280 valence electrons. The molecule has 7 rings (SSSR count). The summed E-state index contributed by atoms with van der Waals surface area (Å²) >= 11 is 0. The molecule has 0 spiro atoms. The molecule has 1 aromatic heterocycles. The predicted octanol–water partition coefficient (Wildman–Crippen LogP) is 14.6. The van der Waals surface area contributed by atoms with Gasteiger partial charge in [0, 0.05) is 58.9 Å². The van der Waals surface area contributed by atoms with Gasteiger partial charge in [0.1, 0.15) is 0 Å². The first-order chi connectivity index (χ1) is 27.3. The number of nitrogens with zero attached hydrogens (tertiary/aromatic N) is 3. The highest BCUT2D eigenvalue weighted by Crippen LogP contribution is 2.42. The van der Waals surface area contributed by atoms with Crippen LogP contribution >= 0.6 is 0 Å². The van der Waals surface area contributed by atoms with E-state index in [4.69, 9.17) is 0 Å². The molecule has 1 aliphatic carbocycles. The van der Waals surface area contributed by atoms with Crippen LogP contribution in [0.25, 0.3) is 50.8 Å². The lowest BCUT2D eigenvalue weighted by molar-refractivity contribution is 0.559. The smallest absolute Gasteiger partial charge is 0.0616 e. The van der Waals surface area contributed by atoms with Crippen molar-refractivity contribution in [3.05, 3.63) is 211 Å². The Hall–Kier alpha value is -6.58. The van der Waals surface area contributed by atoms with Crippen molar-refractivity contribution >= 4 is 56.5 Å². The van der Waals surface area contributed by atoms with Gasteiger partial charge in [0.25, 0.3) is 0 Å². The number of hydrogen-bond acceptors (Lipinski definition) is 2. The van der Waals surface area contributed by atoms with E-state index in [0.717, 1.165) is 24.2 Å². The fraction of sp³-hybridized carbons (Fsp3) is 0.132. The van der Waals surface area contributed by atoms with Crippen molar-refractivity contribution in [3.63, 3.8) is 0 Å². The van der Waals surface area contributed by atoms with Crippen LogP contribution in [0.2, 0.25) is 0 Å². The van der Waals surface area contributed by atoms with Crippen molar-refractivity contribution in [2.75, 3.05) is 19.0 Å². The second kappa shape index (κ2) is 18.2. The van der Waals surface area contributed by atoms with Gasteiger partial charge in [-0.3, -0.25) is 0 Å². The van der Waals surface area contributed by atoms with Gasteiger partial charge in [-0.15, -0.1) is 0 Å². The number of hydrogen-bond donors (Lipinski definition) is 0. The fourth-order valence-corrected chi connectivity index (χ4v) is 7.44. The van der Waals surface area contributed by atoms with Gasteiger partial charge in [-0.25, -0.2) is 0 Å². The molecule has 0 radical (unpaired) electrons. The molecule has 0 fully saturated rings. The highest BCUT2D eigenvalue weighted by Gasteiger charge is 2.21. The lowest BCUT2D eigenvalue weighted by atomic mass is 9.89. The van der Waals surface area contributed by atoms with Crippen LogP contribution in [0, 0.1) is 0 Å². The fourth-order valence-electron chi connectivity index (χ4n) is 7.44. The van der Waals surface area contributed by atoms with Crippen molar-refractivity contribution in [1.82, 2.24) is 9.47 Å². The molecule has 5 aromatic carbocycles. The van der Waals surface area contributed by atoms with Crippen LogP contribution in [0.1, 0.15) is 55.9 Å². The number of benzene rings is 5. The van der Waals surface area contributed by atoms with E-state index in [2.05, 4.69) is 183 Å². The molecule has 0 unspecified atom stereocenters.